The molecule has 1 aromatic heterocycles. The van der Waals surface area contributed by atoms with Gasteiger partial charge in [0.2, 0.25) is 0 Å². The molecule has 2 aliphatic rings. The van der Waals surface area contributed by atoms with Gasteiger partial charge in [0, 0.05) is 30.5 Å². The van der Waals surface area contributed by atoms with Crippen molar-refractivity contribution in [2.75, 3.05) is 0 Å². The van der Waals surface area contributed by atoms with Gasteiger partial charge in [0.15, 0.2) is 6.29 Å². The number of aliphatic hydroxyl groups excluding tert-OH is 2. The molecule has 5 nitrogen and oxygen atoms in total. The molecule has 2 heterocycles. The summed E-state index contributed by atoms with van der Waals surface area (Å²) < 4.78 is 7.58. The number of benzene rings is 1. The Labute approximate surface area is 184 Å². The molecule has 1 saturated heterocycles. The third-order valence-corrected chi connectivity index (χ3v) is 6.78. The predicted octanol–water partition coefficient (Wildman–Crippen LogP) is 4.58. The van der Waals surface area contributed by atoms with Gasteiger partial charge in [-0.15, -0.1) is 0 Å². The fourth-order valence-corrected chi connectivity index (χ4v) is 5.27. The number of fused-ring (bicyclic) bond motifs is 1. The van der Waals surface area contributed by atoms with Crippen LogP contribution >= 0.6 is 0 Å². The second-order valence-corrected chi connectivity index (χ2v) is 9.53. The number of rotatable bonds is 5. The monoisotopic (exact) mass is 425 g/mol. The Kier molecular flexibility index (Phi) is 6.95. The minimum absolute atomic E-state index is 0.0647. The molecule has 0 bridgehead atoms. The van der Waals surface area contributed by atoms with E-state index in [1.165, 1.54) is 37.7 Å². The number of ether oxygens (including phenoxy) is 1. The van der Waals surface area contributed by atoms with E-state index < -0.39 is 12.4 Å². The molecule has 1 aliphatic heterocycles. The normalized spacial score (nSPS) is 25.6. The Bertz CT molecular complexity index is 977. The highest BCUT2D eigenvalue weighted by molar-refractivity contribution is 5.87. The van der Waals surface area contributed by atoms with E-state index in [0.717, 1.165) is 23.0 Å². The van der Waals surface area contributed by atoms with E-state index in [0.29, 0.717) is 12.3 Å². The highest BCUT2D eigenvalue weighted by Gasteiger charge is 2.26. The largest absolute Gasteiger partial charge is 0.393 e. The number of nitrogens with zero attached hydrogens (tertiary/aromatic N) is 1. The number of hydrogen-bond acceptors (Lipinski definition) is 4. The van der Waals surface area contributed by atoms with Gasteiger partial charge >= 0.3 is 0 Å². The van der Waals surface area contributed by atoms with Crippen molar-refractivity contribution in [3.8, 4) is 0 Å². The zero-order valence-corrected chi connectivity index (χ0v) is 18.7. The first kappa shape index (κ1) is 22.3. The van der Waals surface area contributed by atoms with Crippen LogP contribution in [-0.2, 0) is 11.3 Å². The van der Waals surface area contributed by atoms with Crippen LogP contribution in [0.3, 0.4) is 0 Å². The Hall–Kier alpha value is -1.95. The Balaban J connectivity index is 1.81. The molecule has 0 amide bonds. The predicted molar refractivity (Wildman–Crippen MR) is 124 cm³/mol. The Morgan fingerprint density at radius 1 is 1.10 bits per heavy atom. The van der Waals surface area contributed by atoms with Crippen molar-refractivity contribution in [1.82, 2.24) is 4.57 Å². The maximum Gasteiger partial charge on any atom is 0.258 e. The molecule has 1 aromatic carbocycles. The smallest absolute Gasteiger partial charge is 0.258 e. The molecule has 0 radical (unpaired) electrons. The third-order valence-electron chi connectivity index (χ3n) is 6.78. The van der Waals surface area contributed by atoms with Gasteiger partial charge in [-0.25, -0.2) is 0 Å². The fourth-order valence-electron chi connectivity index (χ4n) is 5.27. The van der Waals surface area contributed by atoms with Gasteiger partial charge in [0.1, 0.15) is 0 Å². The molecule has 5 heteroatoms. The number of pyridine rings is 1. The van der Waals surface area contributed by atoms with Crippen molar-refractivity contribution in [2.24, 2.45) is 5.92 Å². The standard InChI is InChI=1S/C26H35NO4/c1-17(2)25-21-10-6-7-11-22(21)26(30)27(16-18-8-4-3-5-9-18)23(25)13-12-20-14-19(28)15-24(29)31-20/h6-7,10-13,17-20,24,28-29H,3-5,8-9,14-16H2,1-2H3/t19-,20-,24?/m1/s1. The molecule has 168 valence electrons. The van der Waals surface area contributed by atoms with Crippen LogP contribution in [0.4, 0.5) is 0 Å². The van der Waals surface area contributed by atoms with Crippen LogP contribution in [0.5, 0.6) is 0 Å². The molecule has 1 unspecified atom stereocenters. The van der Waals surface area contributed by atoms with E-state index in [1.807, 2.05) is 41.0 Å². The van der Waals surface area contributed by atoms with Crippen molar-refractivity contribution in [3.63, 3.8) is 0 Å². The van der Waals surface area contributed by atoms with Crippen molar-refractivity contribution < 1.29 is 14.9 Å². The first-order valence-electron chi connectivity index (χ1n) is 11.8. The summed E-state index contributed by atoms with van der Waals surface area (Å²) in [4.78, 5) is 13.6. The number of aromatic nitrogens is 1. The fraction of sp³-hybridized carbons (Fsp3) is 0.577. The van der Waals surface area contributed by atoms with Crippen LogP contribution in [0, 0.1) is 5.92 Å². The summed E-state index contributed by atoms with van der Waals surface area (Å²) in [6, 6.07) is 7.90. The van der Waals surface area contributed by atoms with E-state index in [4.69, 9.17) is 4.74 Å². The minimum Gasteiger partial charge on any atom is -0.393 e. The lowest BCUT2D eigenvalue weighted by Gasteiger charge is -2.29. The molecule has 4 rings (SSSR count). The molecular formula is C26H35NO4. The van der Waals surface area contributed by atoms with Gasteiger partial charge in [-0.2, -0.15) is 0 Å². The first-order valence-corrected chi connectivity index (χ1v) is 11.8. The molecule has 1 aliphatic carbocycles. The van der Waals surface area contributed by atoms with E-state index in [1.54, 1.807) is 0 Å². The van der Waals surface area contributed by atoms with Gasteiger partial charge in [-0.05, 0) is 47.8 Å². The van der Waals surface area contributed by atoms with Gasteiger partial charge in [-0.1, -0.05) is 57.4 Å². The van der Waals surface area contributed by atoms with E-state index >= 15 is 0 Å². The van der Waals surface area contributed by atoms with Crippen molar-refractivity contribution in [3.05, 3.63) is 52.0 Å². The molecule has 2 aromatic rings. The van der Waals surface area contributed by atoms with Crippen LogP contribution in [0.1, 0.15) is 76.0 Å². The summed E-state index contributed by atoms with van der Waals surface area (Å²) in [6.07, 6.45) is 8.77. The minimum atomic E-state index is -0.955. The number of aliphatic hydroxyl groups is 2. The van der Waals surface area contributed by atoms with Gasteiger partial charge in [0.05, 0.1) is 12.2 Å². The topological polar surface area (TPSA) is 71.7 Å². The molecule has 31 heavy (non-hydrogen) atoms. The SMILES string of the molecule is CC(C)c1c(C=C[C@@H]2C[C@@H](O)CC(O)O2)n(CC2CCCCC2)c(=O)c2ccccc12. The van der Waals surface area contributed by atoms with Crippen LogP contribution in [0.2, 0.25) is 0 Å². The van der Waals surface area contributed by atoms with Crippen LogP contribution in [0.25, 0.3) is 16.8 Å². The number of hydrogen-bond donors (Lipinski definition) is 2. The lowest BCUT2D eigenvalue weighted by Crippen LogP contribution is -2.34. The summed E-state index contributed by atoms with van der Waals surface area (Å²) in [6.45, 7) is 5.07. The zero-order valence-electron chi connectivity index (χ0n) is 18.7. The Morgan fingerprint density at radius 2 is 1.81 bits per heavy atom. The summed E-state index contributed by atoms with van der Waals surface area (Å²) in [5.74, 6) is 0.764. The van der Waals surface area contributed by atoms with E-state index in [9.17, 15) is 15.0 Å². The summed E-state index contributed by atoms with van der Waals surface area (Å²) in [7, 11) is 0. The maximum atomic E-state index is 13.6. The zero-order chi connectivity index (χ0) is 22.0. The van der Waals surface area contributed by atoms with Crippen molar-refractivity contribution in [2.45, 2.75) is 89.8 Å². The van der Waals surface area contributed by atoms with Crippen molar-refractivity contribution in [1.29, 1.82) is 0 Å². The molecule has 2 N–H and O–H groups in total. The lowest BCUT2D eigenvalue weighted by atomic mass is 9.88. The van der Waals surface area contributed by atoms with E-state index in [2.05, 4.69) is 13.8 Å². The summed E-state index contributed by atoms with van der Waals surface area (Å²) >= 11 is 0. The lowest BCUT2D eigenvalue weighted by molar-refractivity contribution is -0.175. The first-order chi connectivity index (χ1) is 14.9. The molecule has 2 fully saturated rings. The van der Waals surface area contributed by atoms with Crippen LogP contribution in [-0.4, -0.2) is 33.3 Å². The summed E-state index contributed by atoms with van der Waals surface area (Å²) in [5, 5.41) is 21.7. The maximum absolute atomic E-state index is 13.6. The highest BCUT2D eigenvalue weighted by atomic mass is 16.6. The molecule has 0 spiro atoms. The quantitative estimate of drug-likeness (QED) is 0.736. The van der Waals surface area contributed by atoms with Crippen LogP contribution < -0.4 is 5.56 Å². The second-order valence-electron chi connectivity index (χ2n) is 9.53. The van der Waals surface area contributed by atoms with Crippen LogP contribution in [0.15, 0.2) is 35.1 Å². The average Bonchev–Trinajstić information content (AvgIpc) is 2.74. The van der Waals surface area contributed by atoms with Gasteiger partial charge < -0.3 is 19.5 Å². The second kappa shape index (κ2) is 9.68. The average molecular weight is 426 g/mol. The van der Waals surface area contributed by atoms with Crippen molar-refractivity contribution >= 4 is 16.8 Å². The summed E-state index contributed by atoms with van der Waals surface area (Å²) in [5.41, 5.74) is 2.16. The third kappa shape index (κ3) is 4.94. The Morgan fingerprint density at radius 3 is 2.48 bits per heavy atom. The van der Waals surface area contributed by atoms with Gasteiger partial charge in [0.25, 0.3) is 5.56 Å². The molecule has 3 atom stereocenters. The van der Waals surface area contributed by atoms with E-state index in [-0.39, 0.29) is 24.0 Å². The van der Waals surface area contributed by atoms with Gasteiger partial charge in [-0.3, -0.25) is 4.79 Å². The highest BCUT2D eigenvalue weighted by Crippen LogP contribution is 2.31. The molecular weight excluding hydrogens is 390 g/mol. The molecule has 1 saturated carbocycles.